The Hall–Kier alpha value is -1.72. The van der Waals surface area contributed by atoms with E-state index >= 15 is 0 Å². The summed E-state index contributed by atoms with van der Waals surface area (Å²) in [6.07, 6.45) is 0. The van der Waals surface area contributed by atoms with Gasteiger partial charge in [0.05, 0.1) is 16.3 Å². The predicted octanol–water partition coefficient (Wildman–Crippen LogP) is 3.21. The molecule has 0 atom stereocenters. The number of benzene rings is 2. The minimum absolute atomic E-state index is 0.213. The fourth-order valence-electron chi connectivity index (χ4n) is 1.78. The quantitative estimate of drug-likeness (QED) is 0.943. The first kappa shape index (κ1) is 14.7. The molecule has 0 heterocycles. The summed E-state index contributed by atoms with van der Waals surface area (Å²) in [5.41, 5.74) is 1.19. The molecule has 0 aliphatic heterocycles. The van der Waals surface area contributed by atoms with Gasteiger partial charge in [-0.2, -0.15) is 0 Å². The van der Waals surface area contributed by atoms with Gasteiger partial charge in [-0.1, -0.05) is 29.8 Å². The van der Waals surface area contributed by atoms with Crippen LogP contribution in [0.1, 0.15) is 0 Å². The van der Waals surface area contributed by atoms with E-state index in [9.17, 15) is 8.42 Å². The summed E-state index contributed by atoms with van der Waals surface area (Å²) in [5.74, 6) is 0. The second kappa shape index (κ2) is 5.73. The summed E-state index contributed by atoms with van der Waals surface area (Å²) < 4.78 is 27.2. The molecular weight excluding hydrogens is 296 g/mol. The van der Waals surface area contributed by atoms with Crippen LogP contribution in [0.3, 0.4) is 0 Å². The number of nitrogens with zero attached hydrogens (tertiary/aromatic N) is 1. The van der Waals surface area contributed by atoms with Gasteiger partial charge in [-0.15, -0.1) is 0 Å². The van der Waals surface area contributed by atoms with Gasteiger partial charge in [0.25, 0.3) is 10.0 Å². The number of sulfonamides is 1. The highest BCUT2D eigenvalue weighted by Crippen LogP contribution is 2.29. The van der Waals surface area contributed by atoms with Crippen molar-refractivity contribution in [1.82, 2.24) is 0 Å². The fourth-order valence-corrected chi connectivity index (χ4v) is 3.04. The van der Waals surface area contributed by atoms with Crippen molar-refractivity contribution in [3.8, 4) is 0 Å². The first-order valence-electron chi connectivity index (χ1n) is 5.95. The van der Waals surface area contributed by atoms with Crippen molar-refractivity contribution in [1.29, 1.82) is 0 Å². The van der Waals surface area contributed by atoms with Crippen LogP contribution in [0.4, 0.5) is 11.4 Å². The van der Waals surface area contributed by atoms with E-state index in [0.29, 0.717) is 10.7 Å². The molecule has 2 rings (SSSR count). The summed E-state index contributed by atoms with van der Waals surface area (Å²) in [6, 6.07) is 13.3. The van der Waals surface area contributed by atoms with Crippen molar-refractivity contribution in [2.24, 2.45) is 0 Å². The van der Waals surface area contributed by atoms with Crippen LogP contribution in [0.15, 0.2) is 53.4 Å². The van der Waals surface area contributed by atoms with Crippen LogP contribution in [0.25, 0.3) is 0 Å². The van der Waals surface area contributed by atoms with E-state index in [1.54, 1.807) is 48.5 Å². The molecule has 0 radical (unpaired) electrons. The van der Waals surface area contributed by atoms with E-state index in [4.69, 9.17) is 11.6 Å². The summed E-state index contributed by atoms with van der Waals surface area (Å²) in [5, 5.41) is 0.473. The van der Waals surface area contributed by atoms with Crippen molar-refractivity contribution >= 4 is 33.0 Å². The van der Waals surface area contributed by atoms with Gasteiger partial charge in [0.2, 0.25) is 0 Å². The molecule has 0 unspecified atom stereocenters. The van der Waals surface area contributed by atoms with E-state index < -0.39 is 10.0 Å². The van der Waals surface area contributed by atoms with E-state index in [1.807, 2.05) is 19.0 Å². The highest BCUT2D eigenvalue weighted by atomic mass is 35.5. The van der Waals surface area contributed by atoms with Gasteiger partial charge < -0.3 is 4.90 Å². The van der Waals surface area contributed by atoms with Gasteiger partial charge in [-0.05, 0) is 30.3 Å². The number of rotatable bonds is 4. The van der Waals surface area contributed by atoms with Gasteiger partial charge >= 0.3 is 0 Å². The van der Waals surface area contributed by atoms with Crippen molar-refractivity contribution in [3.63, 3.8) is 0 Å². The standard InChI is InChI=1S/C14H15ClN2O2S/c1-17(2)14-9-8-11(15)10-13(14)16-20(18,19)12-6-4-3-5-7-12/h3-10,16H,1-2H3. The molecule has 1 N–H and O–H groups in total. The molecule has 6 heteroatoms. The highest BCUT2D eigenvalue weighted by Gasteiger charge is 2.16. The van der Waals surface area contributed by atoms with Crippen molar-refractivity contribution in [2.75, 3.05) is 23.7 Å². The van der Waals surface area contributed by atoms with Crippen LogP contribution in [0.2, 0.25) is 5.02 Å². The molecule has 0 aliphatic carbocycles. The van der Waals surface area contributed by atoms with E-state index in [0.717, 1.165) is 5.69 Å². The lowest BCUT2D eigenvalue weighted by atomic mass is 10.2. The zero-order valence-electron chi connectivity index (χ0n) is 11.2. The summed E-state index contributed by atoms with van der Waals surface area (Å²) >= 11 is 5.94. The van der Waals surface area contributed by atoms with Crippen LogP contribution in [-0.2, 0) is 10.0 Å². The van der Waals surface area contributed by atoms with Crippen LogP contribution >= 0.6 is 11.6 Å². The van der Waals surface area contributed by atoms with Crippen LogP contribution < -0.4 is 9.62 Å². The topological polar surface area (TPSA) is 49.4 Å². The molecule has 0 aliphatic rings. The first-order chi connectivity index (χ1) is 9.40. The van der Waals surface area contributed by atoms with E-state index in [1.165, 1.54) is 0 Å². The number of hydrogen-bond acceptors (Lipinski definition) is 3. The molecule has 0 saturated carbocycles. The smallest absolute Gasteiger partial charge is 0.261 e. The molecule has 0 aromatic heterocycles. The van der Waals surface area contributed by atoms with Gasteiger partial charge in [-0.25, -0.2) is 8.42 Å². The largest absolute Gasteiger partial charge is 0.376 e. The van der Waals surface area contributed by atoms with Crippen molar-refractivity contribution < 1.29 is 8.42 Å². The Balaban J connectivity index is 2.42. The molecule has 0 saturated heterocycles. The molecule has 4 nitrogen and oxygen atoms in total. The number of halogens is 1. The summed E-state index contributed by atoms with van der Waals surface area (Å²) in [4.78, 5) is 2.03. The molecular formula is C14H15ClN2O2S. The Kier molecular flexibility index (Phi) is 4.20. The molecule has 20 heavy (non-hydrogen) atoms. The minimum Gasteiger partial charge on any atom is -0.376 e. The summed E-state index contributed by atoms with van der Waals surface area (Å²) in [6.45, 7) is 0. The first-order valence-corrected chi connectivity index (χ1v) is 7.81. The third-order valence-corrected chi connectivity index (χ3v) is 4.35. The normalized spacial score (nSPS) is 11.2. The van der Waals surface area contributed by atoms with Gasteiger partial charge in [0, 0.05) is 19.1 Å². The Labute approximate surface area is 124 Å². The number of hydrogen-bond donors (Lipinski definition) is 1. The Morgan fingerprint density at radius 3 is 2.30 bits per heavy atom. The van der Waals surface area contributed by atoms with Crippen LogP contribution in [0, 0.1) is 0 Å². The van der Waals surface area contributed by atoms with Gasteiger partial charge in [0.1, 0.15) is 0 Å². The summed E-state index contributed by atoms with van der Waals surface area (Å²) in [7, 11) is 0.0523. The lowest BCUT2D eigenvalue weighted by Crippen LogP contribution is -2.17. The number of nitrogens with one attached hydrogen (secondary N) is 1. The highest BCUT2D eigenvalue weighted by molar-refractivity contribution is 7.92. The van der Waals surface area contributed by atoms with Crippen molar-refractivity contribution in [3.05, 3.63) is 53.6 Å². The maximum absolute atomic E-state index is 12.3. The Bertz CT molecular complexity index is 700. The molecule has 0 spiro atoms. The molecule has 2 aromatic rings. The molecule has 0 amide bonds. The van der Waals surface area contributed by atoms with Gasteiger partial charge in [-0.3, -0.25) is 4.72 Å². The lowest BCUT2D eigenvalue weighted by molar-refractivity contribution is 0.601. The molecule has 106 valence electrons. The second-order valence-electron chi connectivity index (χ2n) is 4.47. The zero-order chi connectivity index (χ0) is 14.8. The SMILES string of the molecule is CN(C)c1ccc(Cl)cc1NS(=O)(=O)c1ccccc1. The third-order valence-electron chi connectivity index (χ3n) is 2.74. The maximum Gasteiger partial charge on any atom is 0.261 e. The van der Waals surface area contributed by atoms with E-state index in [-0.39, 0.29) is 4.90 Å². The molecule has 0 fully saturated rings. The predicted molar refractivity (Wildman–Crippen MR) is 83.0 cm³/mol. The van der Waals surface area contributed by atoms with Crippen LogP contribution in [0.5, 0.6) is 0 Å². The lowest BCUT2D eigenvalue weighted by Gasteiger charge is -2.18. The second-order valence-corrected chi connectivity index (χ2v) is 6.59. The van der Waals surface area contributed by atoms with Crippen LogP contribution in [-0.4, -0.2) is 22.5 Å². The molecule has 0 bridgehead atoms. The average Bonchev–Trinajstić information content (AvgIpc) is 2.39. The van der Waals surface area contributed by atoms with Crippen molar-refractivity contribution in [2.45, 2.75) is 4.90 Å². The van der Waals surface area contributed by atoms with E-state index in [2.05, 4.69) is 4.72 Å². The Morgan fingerprint density at radius 2 is 1.70 bits per heavy atom. The third kappa shape index (κ3) is 3.23. The average molecular weight is 311 g/mol. The maximum atomic E-state index is 12.3. The minimum atomic E-state index is -3.62. The monoisotopic (exact) mass is 310 g/mol. The zero-order valence-corrected chi connectivity index (χ0v) is 12.7. The van der Waals surface area contributed by atoms with Gasteiger partial charge in [0.15, 0.2) is 0 Å². The Morgan fingerprint density at radius 1 is 1.05 bits per heavy atom. The molecule has 2 aromatic carbocycles. The number of anilines is 2. The fraction of sp³-hybridized carbons (Fsp3) is 0.143.